The predicted molar refractivity (Wildman–Crippen MR) is 93.9 cm³/mol. The molecule has 0 saturated heterocycles. The predicted octanol–water partition coefficient (Wildman–Crippen LogP) is 2.02. The van der Waals surface area contributed by atoms with E-state index >= 15 is 0 Å². The molecule has 0 N–H and O–H groups in total. The molecule has 0 saturated carbocycles. The number of anilines is 1. The third kappa shape index (κ3) is 3.15. The van der Waals surface area contributed by atoms with Gasteiger partial charge in [-0.25, -0.2) is 13.2 Å². The molecule has 1 aliphatic rings. The number of carbonyl (C=O) groups is 2. The summed E-state index contributed by atoms with van der Waals surface area (Å²) in [7, 11) is -2.80. The Hall–Kier alpha value is -2.87. The van der Waals surface area contributed by atoms with E-state index in [1.54, 1.807) is 30.3 Å². The largest absolute Gasteiger partial charge is 0.475 e. The van der Waals surface area contributed by atoms with Gasteiger partial charge in [-0.1, -0.05) is 24.3 Å². The SMILES string of the molecule is COC(=O)[C@@H]1CN(S(=O)(=O)c2cccc(C(C)=O)c2)c2ccccc2O1. The van der Waals surface area contributed by atoms with Crippen LogP contribution in [0.15, 0.2) is 53.4 Å². The van der Waals surface area contributed by atoms with Crippen LogP contribution in [0, 0.1) is 0 Å². The highest BCUT2D eigenvalue weighted by molar-refractivity contribution is 7.92. The summed E-state index contributed by atoms with van der Waals surface area (Å²) in [6.07, 6.45) is -1.08. The van der Waals surface area contributed by atoms with Crippen molar-refractivity contribution in [3.05, 3.63) is 54.1 Å². The molecule has 0 fully saturated rings. The van der Waals surface area contributed by atoms with Crippen LogP contribution in [0.1, 0.15) is 17.3 Å². The number of hydrogen-bond acceptors (Lipinski definition) is 6. The zero-order valence-corrected chi connectivity index (χ0v) is 15.0. The van der Waals surface area contributed by atoms with Crippen molar-refractivity contribution in [3.63, 3.8) is 0 Å². The summed E-state index contributed by atoms with van der Waals surface area (Å²) in [6.45, 7) is 1.14. The number of para-hydroxylation sites is 2. The molecule has 8 heteroatoms. The van der Waals surface area contributed by atoms with E-state index in [4.69, 9.17) is 9.47 Å². The molecule has 1 heterocycles. The van der Waals surface area contributed by atoms with Crippen LogP contribution in [-0.4, -0.2) is 39.9 Å². The molecule has 0 amide bonds. The van der Waals surface area contributed by atoms with Gasteiger partial charge in [-0.05, 0) is 31.2 Å². The molecule has 1 aliphatic heterocycles. The van der Waals surface area contributed by atoms with E-state index in [1.807, 2.05) is 0 Å². The first kappa shape index (κ1) is 17.9. The summed E-state index contributed by atoms with van der Waals surface area (Å²) in [6, 6.07) is 12.3. The van der Waals surface area contributed by atoms with E-state index in [0.717, 1.165) is 4.31 Å². The minimum absolute atomic E-state index is 0.0366. The van der Waals surface area contributed by atoms with E-state index in [-0.39, 0.29) is 28.5 Å². The van der Waals surface area contributed by atoms with Gasteiger partial charge in [0.15, 0.2) is 5.78 Å². The molecule has 7 nitrogen and oxygen atoms in total. The zero-order valence-electron chi connectivity index (χ0n) is 14.2. The smallest absolute Gasteiger partial charge is 0.348 e. The molecule has 0 aromatic heterocycles. The Morgan fingerprint density at radius 3 is 2.58 bits per heavy atom. The second-order valence-electron chi connectivity index (χ2n) is 5.72. The van der Waals surface area contributed by atoms with Gasteiger partial charge in [0.25, 0.3) is 10.0 Å². The number of esters is 1. The fourth-order valence-corrected chi connectivity index (χ4v) is 4.21. The number of ether oxygens (including phenoxy) is 2. The molecule has 136 valence electrons. The Morgan fingerprint density at radius 2 is 1.88 bits per heavy atom. The number of benzene rings is 2. The molecular weight excluding hydrogens is 358 g/mol. The monoisotopic (exact) mass is 375 g/mol. The molecule has 0 radical (unpaired) electrons. The Balaban J connectivity index is 2.09. The van der Waals surface area contributed by atoms with Crippen molar-refractivity contribution in [1.29, 1.82) is 0 Å². The van der Waals surface area contributed by atoms with Crippen LogP contribution in [-0.2, 0) is 19.6 Å². The van der Waals surface area contributed by atoms with Gasteiger partial charge in [0.1, 0.15) is 5.75 Å². The maximum Gasteiger partial charge on any atom is 0.348 e. The van der Waals surface area contributed by atoms with Gasteiger partial charge >= 0.3 is 5.97 Å². The first-order chi connectivity index (χ1) is 12.3. The van der Waals surface area contributed by atoms with E-state index in [9.17, 15) is 18.0 Å². The summed E-state index contributed by atoms with van der Waals surface area (Å²) in [5, 5.41) is 0. The van der Waals surface area contributed by atoms with Gasteiger partial charge in [-0.3, -0.25) is 9.10 Å². The normalized spacial score (nSPS) is 16.4. The van der Waals surface area contributed by atoms with Crippen molar-refractivity contribution in [2.24, 2.45) is 0 Å². The average Bonchev–Trinajstić information content (AvgIpc) is 2.66. The standard InChI is InChI=1S/C18H17NO6S/c1-12(20)13-6-5-7-14(10-13)26(22,23)19-11-17(18(21)24-2)25-16-9-4-3-8-15(16)19/h3-10,17H,11H2,1-2H3/t17-/m0/s1. The highest BCUT2D eigenvalue weighted by Crippen LogP contribution is 2.37. The van der Waals surface area contributed by atoms with Gasteiger partial charge in [0.05, 0.1) is 24.2 Å². The maximum absolute atomic E-state index is 13.2. The van der Waals surface area contributed by atoms with Crippen molar-refractivity contribution in [1.82, 2.24) is 0 Å². The van der Waals surface area contributed by atoms with E-state index in [2.05, 4.69) is 0 Å². The van der Waals surface area contributed by atoms with Gasteiger partial charge in [-0.15, -0.1) is 0 Å². The fourth-order valence-electron chi connectivity index (χ4n) is 2.69. The van der Waals surface area contributed by atoms with Crippen LogP contribution in [0.4, 0.5) is 5.69 Å². The summed E-state index contributed by atoms with van der Waals surface area (Å²) in [5.41, 5.74) is 0.609. The lowest BCUT2D eigenvalue weighted by molar-refractivity contribution is -0.148. The fraction of sp³-hybridized carbons (Fsp3) is 0.222. The molecule has 1 atom stereocenters. The average molecular weight is 375 g/mol. The van der Waals surface area contributed by atoms with Crippen molar-refractivity contribution < 1.29 is 27.5 Å². The number of nitrogens with zero attached hydrogens (tertiary/aromatic N) is 1. The summed E-state index contributed by atoms with van der Waals surface area (Å²) in [5.74, 6) is -0.644. The van der Waals surface area contributed by atoms with Crippen molar-refractivity contribution >= 4 is 27.5 Å². The quantitative estimate of drug-likeness (QED) is 0.600. The number of sulfonamides is 1. The maximum atomic E-state index is 13.2. The molecular formula is C18H17NO6S. The number of carbonyl (C=O) groups excluding carboxylic acids is 2. The lowest BCUT2D eigenvalue weighted by Gasteiger charge is -2.34. The summed E-state index contributed by atoms with van der Waals surface area (Å²) >= 11 is 0. The van der Waals surface area contributed by atoms with Crippen LogP contribution in [0.3, 0.4) is 0 Å². The Labute approximate surface area is 151 Å². The molecule has 2 aromatic rings. The topological polar surface area (TPSA) is 90.0 Å². The highest BCUT2D eigenvalue weighted by atomic mass is 32.2. The van der Waals surface area contributed by atoms with Gasteiger partial charge in [0, 0.05) is 5.56 Å². The molecule has 0 aliphatic carbocycles. The number of methoxy groups -OCH3 is 1. The van der Waals surface area contributed by atoms with Crippen LogP contribution in [0.2, 0.25) is 0 Å². The van der Waals surface area contributed by atoms with Crippen LogP contribution in [0.5, 0.6) is 5.75 Å². The lowest BCUT2D eigenvalue weighted by atomic mass is 10.2. The van der Waals surface area contributed by atoms with E-state index in [1.165, 1.54) is 32.2 Å². The molecule has 0 bridgehead atoms. The molecule has 3 rings (SSSR count). The van der Waals surface area contributed by atoms with Crippen LogP contribution >= 0.6 is 0 Å². The van der Waals surface area contributed by atoms with Crippen molar-refractivity contribution in [3.8, 4) is 5.75 Å². The van der Waals surface area contributed by atoms with Crippen molar-refractivity contribution in [2.45, 2.75) is 17.9 Å². The number of ketones is 1. The zero-order chi connectivity index (χ0) is 18.9. The number of hydrogen-bond donors (Lipinski definition) is 0. The van der Waals surface area contributed by atoms with E-state index < -0.39 is 22.1 Å². The molecule has 0 unspecified atom stereocenters. The lowest BCUT2D eigenvalue weighted by Crippen LogP contribution is -2.47. The number of fused-ring (bicyclic) bond motifs is 1. The van der Waals surface area contributed by atoms with Crippen LogP contribution in [0.25, 0.3) is 0 Å². The molecule has 0 spiro atoms. The minimum Gasteiger partial charge on any atom is -0.475 e. The Morgan fingerprint density at radius 1 is 1.15 bits per heavy atom. The Kier molecular flexibility index (Phi) is 4.69. The molecule has 2 aromatic carbocycles. The second-order valence-corrected chi connectivity index (χ2v) is 7.58. The minimum atomic E-state index is -4.01. The van der Waals surface area contributed by atoms with E-state index in [0.29, 0.717) is 5.69 Å². The second kappa shape index (κ2) is 6.80. The highest BCUT2D eigenvalue weighted by Gasteiger charge is 2.38. The van der Waals surface area contributed by atoms with Gasteiger partial charge in [0.2, 0.25) is 6.10 Å². The number of Topliss-reactive ketones (excluding diaryl/α,β-unsaturated/α-hetero) is 1. The van der Waals surface area contributed by atoms with Gasteiger partial charge < -0.3 is 9.47 Å². The summed E-state index contributed by atoms with van der Waals surface area (Å²) < 4.78 is 37.7. The third-order valence-electron chi connectivity index (χ3n) is 4.03. The van der Waals surface area contributed by atoms with Crippen molar-refractivity contribution in [2.75, 3.05) is 18.0 Å². The third-order valence-corrected chi connectivity index (χ3v) is 5.80. The van der Waals surface area contributed by atoms with Crippen LogP contribution < -0.4 is 9.04 Å². The van der Waals surface area contributed by atoms with Gasteiger partial charge in [-0.2, -0.15) is 0 Å². The number of rotatable bonds is 4. The Bertz CT molecular complexity index is 969. The first-order valence-corrected chi connectivity index (χ1v) is 9.26. The molecule has 26 heavy (non-hydrogen) atoms. The first-order valence-electron chi connectivity index (χ1n) is 7.82. The summed E-state index contributed by atoms with van der Waals surface area (Å²) in [4.78, 5) is 23.5.